The van der Waals surface area contributed by atoms with Gasteiger partial charge in [-0.25, -0.2) is 0 Å². The van der Waals surface area contributed by atoms with Crippen molar-refractivity contribution in [2.24, 2.45) is 5.73 Å². The van der Waals surface area contributed by atoms with Crippen LogP contribution in [0.4, 0.5) is 5.69 Å². The molecule has 0 aliphatic carbocycles. The summed E-state index contributed by atoms with van der Waals surface area (Å²) in [6.45, 7) is 2.17. The van der Waals surface area contributed by atoms with Gasteiger partial charge in [0.25, 0.3) is 0 Å². The molecule has 0 aliphatic rings. The molecule has 0 saturated heterocycles. The molecule has 20 heavy (non-hydrogen) atoms. The molecule has 0 spiro atoms. The molecule has 0 unspecified atom stereocenters. The predicted octanol–water partition coefficient (Wildman–Crippen LogP) is 3.07. The van der Waals surface area contributed by atoms with Gasteiger partial charge >= 0.3 is 0 Å². The Morgan fingerprint density at radius 2 is 2.00 bits per heavy atom. The van der Waals surface area contributed by atoms with Gasteiger partial charge in [-0.05, 0) is 36.8 Å². The second-order valence-corrected chi connectivity index (χ2v) is 4.84. The van der Waals surface area contributed by atoms with E-state index in [9.17, 15) is 9.90 Å². The average Bonchev–Trinajstić information content (AvgIpc) is 2.39. The van der Waals surface area contributed by atoms with E-state index in [4.69, 9.17) is 17.3 Å². The lowest BCUT2D eigenvalue weighted by molar-refractivity contribution is 0.1000. The highest BCUT2D eigenvalue weighted by molar-refractivity contribution is 6.31. The van der Waals surface area contributed by atoms with Crippen molar-refractivity contribution in [1.82, 2.24) is 0 Å². The Morgan fingerprint density at radius 3 is 2.65 bits per heavy atom. The van der Waals surface area contributed by atoms with Crippen molar-refractivity contribution in [3.63, 3.8) is 0 Å². The highest BCUT2D eigenvalue weighted by atomic mass is 35.5. The number of hydrogen-bond acceptors (Lipinski definition) is 3. The lowest BCUT2D eigenvalue weighted by Gasteiger charge is -2.13. The molecule has 2 rings (SSSR count). The van der Waals surface area contributed by atoms with E-state index in [1.165, 1.54) is 0 Å². The van der Waals surface area contributed by atoms with Crippen molar-refractivity contribution >= 4 is 23.2 Å². The molecule has 104 valence electrons. The summed E-state index contributed by atoms with van der Waals surface area (Å²) in [4.78, 5) is 11.3. The number of phenols is 1. The van der Waals surface area contributed by atoms with Gasteiger partial charge in [-0.2, -0.15) is 0 Å². The number of anilines is 1. The van der Waals surface area contributed by atoms with E-state index in [0.717, 1.165) is 11.3 Å². The minimum Gasteiger partial charge on any atom is -0.508 e. The number of phenolic OH excluding ortho intramolecular Hbond substituents is 1. The number of amides is 1. The van der Waals surface area contributed by atoms with Crippen molar-refractivity contribution < 1.29 is 9.90 Å². The molecule has 0 aromatic heterocycles. The molecular formula is C15H15ClN2O2. The Kier molecular flexibility index (Phi) is 4.15. The van der Waals surface area contributed by atoms with Crippen molar-refractivity contribution in [3.05, 3.63) is 58.1 Å². The molecule has 0 bridgehead atoms. The quantitative estimate of drug-likeness (QED) is 0.810. The highest BCUT2D eigenvalue weighted by Gasteiger charge is 2.10. The predicted molar refractivity (Wildman–Crippen MR) is 80.1 cm³/mol. The lowest BCUT2D eigenvalue weighted by Crippen LogP contribution is -2.14. The van der Waals surface area contributed by atoms with Crippen LogP contribution in [0.5, 0.6) is 5.75 Å². The number of halogens is 1. The standard InChI is InChI=1S/C15H15ClN2O2/c1-9-10(15(17)20)4-2-6-13(9)18-8-11-12(16)5-3-7-14(11)19/h2-7,18-19H,8H2,1H3,(H2,17,20). The summed E-state index contributed by atoms with van der Waals surface area (Å²) in [7, 11) is 0. The van der Waals surface area contributed by atoms with Crippen LogP contribution in [0.1, 0.15) is 21.5 Å². The number of nitrogens with one attached hydrogen (secondary N) is 1. The molecule has 1 amide bonds. The molecule has 0 saturated carbocycles. The Hall–Kier alpha value is -2.20. The van der Waals surface area contributed by atoms with E-state index in [1.807, 2.05) is 13.0 Å². The fraction of sp³-hybridized carbons (Fsp3) is 0.133. The lowest BCUT2D eigenvalue weighted by atomic mass is 10.1. The number of hydrogen-bond donors (Lipinski definition) is 3. The normalized spacial score (nSPS) is 10.3. The SMILES string of the molecule is Cc1c(NCc2c(O)cccc2Cl)cccc1C(N)=O. The first-order valence-electron chi connectivity index (χ1n) is 6.10. The van der Waals surface area contributed by atoms with Gasteiger partial charge < -0.3 is 16.2 Å². The van der Waals surface area contributed by atoms with E-state index in [2.05, 4.69) is 5.32 Å². The molecule has 2 aromatic rings. The second-order valence-electron chi connectivity index (χ2n) is 4.43. The number of primary amides is 1. The Balaban J connectivity index is 2.24. The molecule has 0 atom stereocenters. The summed E-state index contributed by atoms with van der Waals surface area (Å²) in [5.41, 5.74) is 7.94. The Morgan fingerprint density at radius 1 is 1.30 bits per heavy atom. The molecule has 0 heterocycles. The summed E-state index contributed by atoms with van der Waals surface area (Å²) < 4.78 is 0. The smallest absolute Gasteiger partial charge is 0.249 e. The maximum atomic E-state index is 11.3. The van der Waals surface area contributed by atoms with Crippen LogP contribution in [0.2, 0.25) is 5.02 Å². The van der Waals surface area contributed by atoms with Gasteiger partial charge in [0.1, 0.15) is 5.75 Å². The maximum absolute atomic E-state index is 11.3. The van der Waals surface area contributed by atoms with Crippen LogP contribution in [-0.2, 0) is 6.54 Å². The summed E-state index contributed by atoms with van der Waals surface area (Å²) in [6.07, 6.45) is 0. The largest absolute Gasteiger partial charge is 0.508 e. The van der Waals surface area contributed by atoms with Crippen LogP contribution in [0.25, 0.3) is 0 Å². The van der Waals surface area contributed by atoms with Gasteiger partial charge in [-0.3, -0.25) is 4.79 Å². The van der Waals surface area contributed by atoms with Crippen molar-refractivity contribution in [3.8, 4) is 5.75 Å². The summed E-state index contributed by atoms with van der Waals surface area (Å²) in [6, 6.07) is 10.2. The van der Waals surface area contributed by atoms with Crippen LogP contribution in [0.3, 0.4) is 0 Å². The molecule has 0 radical (unpaired) electrons. The van der Waals surface area contributed by atoms with Gasteiger partial charge in [0, 0.05) is 28.4 Å². The Bertz CT molecular complexity index is 636. The summed E-state index contributed by atoms with van der Waals surface area (Å²) in [5.74, 6) is -0.333. The van der Waals surface area contributed by atoms with Crippen LogP contribution < -0.4 is 11.1 Å². The van der Waals surface area contributed by atoms with Crippen molar-refractivity contribution in [1.29, 1.82) is 0 Å². The van der Waals surface area contributed by atoms with Gasteiger partial charge in [-0.1, -0.05) is 23.7 Å². The number of aromatic hydroxyl groups is 1. The van der Waals surface area contributed by atoms with Crippen molar-refractivity contribution in [2.45, 2.75) is 13.5 Å². The van der Waals surface area contributed by atoms with Gasteiger partial charge in [0.2, 0.25) is 5.91 Å². The molecule has 4 nitrogen and oxygen atoms in total. The number of nitrogens with two attached hydrogens (primary N) is 1. The van der Waals surface area contributed by atoms with E-state index in [0.29, 0.717) is 22.7 Å². The average molecular weight is 291 g/mol. The third-order valence-electron chi connectivity index (χ3n) is 3.15. The molecule has 5 heteroatoms. The zero-order valence-corrected chi connectivity index (χ0v) is 11.7. The number of rotatable bonds is 4. The van der Waals surface area contributed by atoms with E-state index >= 15 is 0 Å². The number of carbonyl (C=O) groups excluding carboxylic acids is 1. The monoisotopic (exact) mass is 290 g/mol. The summed E-state index contributed by atoms with van der Waals surface area (Å²) >= 11 is 6.04. The van der Waals surface area contributed by atoms with E-state index in [-0.39, 0.29) is 5.75 Å². The first-order valence-corrected chi connectivity index (χ1v) is 6.48. The minimum atomic E-state index is -0.466. The van der Waals surface area contributed by atoms with Crippen LogP contribution >= 0.6 is 11.6 Å². The second kappa shape index (κ2) is 5.84. The van der Waals surface area contributed by atoms with Gasteiger partial charge in [0.15, 0.2) is 0 Å². The van der Waals surface area contributed by atoms with Crippen molar-refractivity contribution in [2.75, 3.05) is 5.32 Å². The third-order valence-corrected chi connectivity index (χ3v) is 3.50. The molecule has 2 aromatic carbocycles. The zero-order chi connectivity index (χ0) is 14.7. The molecule has 0 aliphatic heterocycles. The zero-order valence-electron chi connectivity index (χ0n) is 11.0. The molecular weight excluding hydrogens is 276 g/mol. The minimum absolute atomic E-state index is 0.133. The van der Waals surface area contributed by atoms with Gasteiger partial charge in [-0.15, -0.1) is 0 Å². The first-order chi connectivity index (χ1) is 9.50. The number of carbonyl (C=O) groups is 1. The fourth-order valence-corrected chi connectivity index (χ4v) is 2.24. The Labute approximate surface area is 122 Å². The topological polar surface area (TPSA) is 75.3 Å². The van der Waals surface area contributed by atoms with Crippen LogP contribution in [0, 0.1) is 6.92 Å². The van der Waals surface area contributed by atoms with Crippen LogP contribution in [0.15, 0.2) is 36.4 Å². The van der Waals surface area contributed by atoms with Crippen LogP contribution in [-0.4, -0.2) is 11.0 Å². The fourth-order valence-electron chi connectivity index (χ4n) is 2.00. The van der Waals surface area contributed by atoms with Gasteiger partial charge in [0.05, 0.1) is 0 Å². The molecule has 4 N–H and O–H groups in total. The summed E-state index contributed by atoms with van der Waals surface area (Å²) in [5, 5.41) is 13.4. The molecule has 0 fully saturated rings. The number of benzene rings is 2. The van der Waals surface area contributed by atoms with E-state index < -0.39 is 5.91 Å². The maximum Gasteiger partial charge on any atom is 0.249 e. The highest BCUT2D eigenvalue weighted by Crippen LogP contribution is 2.27. The van der Waals surface area contributed by atoms with E-state index in [1.54, 1.807) is 30.3 Å². The first kappa shape index (κ1) is 14.2. The third kappa shape index (κ3) is 2.86.